The highest BCUT2D eigenvalue weighted by atomic mass is 32.2. The summed E-state index contributed by atoms with van der Waals surface area (Å²) in [6, 6.07) is 9.39. The summed E-state index contributed by atoms with van der Waals surface area (Å²) < 4.78 is 50.4. The van der Waals surface area contributed by atoms with Crippen LogP contribution in [0.15, 0.2) is 30.3 Å². The molecule has 0 aromatic heterocycles. The molecule has 0 radical (unpaired) electrons. The molecule has 0 spiro atoms. The minimum absolute atomic E-state index is 0.129. The van der Waals surface area contributed by atoms with Gasteiger partial charge in [-0.2, -0.15) is 0 Å². The molecule has 1 aromatic carbocycles. The van der Waals surface area contributed by atoms with Crippen LogP contribution in [0, 0.1) is 17.8 Å². The molecule has 0 saturated carbocycles. The van der Waals surface area contributed by atoms with Gasteiger partial charge in [-0.25, -0.2) is 16.8 Å². The molecule has 0 aliphatic carbocycles. The van der Waals surface area contributed by atoms with E-state index in [2.05, 4.69) is 11.8 Å². The van der Waals surface area contributed by atoms with Crippen molar-refractivity contribution in [3.05, 3.63) is 35.9 Å². The SMILES string of the molecule is CCC1(C(C#Cc2ccccc2)C2(CC)CCCS2(=O)=O)CCCS1(=O)=O. The maximum atomic E-state index is 13.1. The maximum absolute atomic E-state index is 13.1. The van der Waals surface area contributed by atoms with Crippen LogP contribution < -0.4 is 0 Å². The van der Waals surface area contributed by atoms with Crippen LogP contribution in [0.25, 0.3) is 0 Å². The van der Waals surface area contributed by atoms with Crippen molar-refractivity contribution in [1.29, 1.82) is 0 Å². The zero-order chi connectivity index (χ0) is 19.8. The van der Waals surface area contributed by atoms with Crippen LogP contribution in [0.1, 0.15) is 57.9 Å². The number of benzene rings is 1. The summed E-state index contributed by atoms with van der Waals surface area (Å²) in [7, 11) is -6.81. The second kappa shape index (κ2) is 7.25. The van der Waals surface area contributed by atoms with E-state index >= 15 is 0 Å². The second-order valence-electron chi connectivity index (χ2n) is 7.75. The van der Waals surface area contributed by atoms with Crippen molar-refractivity contribution in [2.75, 3.05) is 11.5 Å². The van der Waals surface area contributed by atoms with Crippen LogP contribution in [0.2, 0.25) is 0 Å². The Morgan fingerprint density at radius 1 is 0.889 bits per heavy atom. The molecule has 0 bridgehead atoms. The summed E-state index contributed by atoms with van der Waals surface area (Å²) in [5.41, 5.74) is 0.783. The van der Waals surface area contributed by atoms with Gasteiger partial charge in [0.2, 0.25) is 0 Å². The molecule has 2 atom stereocenters. The Morgan fingerprint density at radius 2 is 1.37 bits per heavy atom. The van der Waals surface area contributed by atoms with Crippen molar-refractivity contribution in [3.63, 3.8) is 0 Å². The minimum atomic E-state index is -3.41. The molecule has 6 heteroatoms. The molecule has 4 nitrogen and oxygen atoms in total. The lowest BCUT2D eigenvalue weighted by Gasteiger charge is -2.43. The van der Waals surface area contributed by atoms with E-state index in [1.807, 2.05) is 44.2 Å². The molecule has 27 heavy (non-hydrogen) atoms. The first-order chi connectivity index (χ1) is 12.7. The smallest absolute Gasteiger partial charge is 0.157 e. The highest BCUT2D eigenvalue weighted by Gasteiger charge is 2.63. The van der Waals surface area contributed by atoms with Gasteiger partial charge in [0.1, 0.15) is 0 Å². The third kappa shape index (κ3) is 3.13. The lowest BCUT2D eigenvalue weighted by atomic mass is 9.74. The Labute approximate surface area is 163 Å². The van der Waals surface area contributed by atoms with E-state index in [0.717, 1.165) is 5.56 Å². The average molecular weight is 409 g/mol. The second-order valence-corrected chi connectivity index (χ2v) is 12.7. The zero-order valence-electron chi connectivity index (χ0n) is 16.1. The largest absolute Gasteiger partial charge is 0.228 e. The van der Waals surface area contributed by atoms with Crippen LogP contribution in [0.5, 0.6) is 0 Å². The van der Waals surface area contributed by atoms with Gasteiger partial charge < -0.3 is 0 Å². The summed E-state index contributed by atoms with van der Waals surface area (Å²) in [6.45, 7) is 3.73. The Hall–Kier alpha value is -1.32. The summed E-state index contributed by atoms with van der Waals surface area (Å²) >= 11 is 0. The fourth-order valence-corrected chi connectivity index (χ4v) is 10.1. The molecule has 0 N–H and O–H groups in total. The lowest BCUT2D eigenvalue weighted by Crippen LogP contribution is -2.55. The van der Waals surface area contributed by atoms with Gasteiger partial charge in [0.25, 0.3) is 0 Å². The van der Waals surface area contributed by atoms with Crippen LogP contribution in [0.4, 0.5) is 0 Å². The van der Waals surface area contributed by atoms with Gasteiger partial charge in [-0.3, -0.25) is 0 Å². The van der Waals surface area contributed by atoms with E-state index in [-0.39, 0.29) is 11.5 Å². The minimum Gasteiger partial charge on any atom is -0.228 e. The Kier molecular flexibility index (Phi) is 5.48. The standard InChI is InChI=1S/C21H28O4S2/c1-3-20(14-8-16-26(20,22)23)19(13-12-18-10-6-5-7-11-18)21(4-2)15-9-17-27(21,24)25/h5-7,10-11,19H,3-4,8-9,14-17H2,1-2H3. The van der Waals surface area contributed by atoms with E-state index in [1.54, 1.807) is 0 Å². The monoisotopic (exact) mass is 408 g/mol. The normalized spacial score (nSPS) is 32.5. The molecule has 2 heterocycles. The first kappa shape index (κ1) is 20.4. The van der Waals surface area contributed by atoms with Gasteiger partial charge in [-0.1, -0.05) is 43.9 Å². The Bertz CT molecular complexity index is 902. The molecule has 2 unspecified atom stereocenters. The van der Waals surface area contributed by atoms with Gasteiger partial charge in [0.15, 0.2) is 19.7 Å². The van der Waals surface area contributed by atoms with Crippen LogP contribution >= 0.6 is 0 Å². The first-order valence-corrected chi connectivity index (χ1v) is 13.1. The van der Waals surface area contributed by atoms with Crippen molar-refractivity contribution in [3.8, 4) is 11.8 Å². The van der Waals surface area contributed by atoms with Gasteiger partial charge in [0, 0.05) is 5.56 Å². The topological polar surface area (TPSA) is 68.3 Å². The van der Waals surface area contributed by atoms with Crippen molar-refractivity contribution < 1.29 is 16.8 Å². The van der Waals surface area contributed by atoms with Gasteiger partial charge in [0.05, 0.1) is 26.9 Å². The molecular weight excluding hydrogens is 380 g/mol. The van der Waals surface area contributed by atoms with E-state index in [4.69, 9.17) is 0 Å². The molecule has 2 aliphatic heterocycles. The highest BCUT2D eigenvalue weighted by Crippen LogP contribution is 2.52. The van der Waals surface area contributed by atoms with E-state index in [1.165, 1.54) is 0 Å². The molecule has 2 aliphatic rings. The lowest BCUT2D eigenvalue weighted by molar-refractivity contribution is 0.302. The van der Waals surface area contributed by atoms with E-state index in [9.17, 15) is 16.8 Å². The predicted molar refractivity (Wildman–Crippen MR) is 109 cm³/mol. The van der Waals surface area contributed by atoms with Crippen molar-refractivity contribution in [2.45, 2.75) is 61.9 Å². The maximum Gasteiger partial charge on any atom is 0.157 e. The quantitative estimate of drug-likeness (QED) is 0.717. The first-order valence-electron chi connectivity index (χ1n) is 9.76. The summed E-state index contributed by atoms with van der Waals surface area (Å²) in [5, 5.41) is 0. The molecule has 1 aromatic rings. The van der Waals surface area contributed by atoms with Gasteiger partial charge >= 0.3 is 0 Å². The van der Waals surface area contributed by atoms with Crippen molar-refractivity contribution in [1.82, 2.24) is 0 Å². The van der Waals surface area contributed by atoms with Crippen LogP contribution in [-0.4, -0.2) is 37.8 Å². The zero-order valence-corrected chi connectivity index (χ0v) is 17.7. The fourth-order valence-electron chi connectivity index (χ4n) is 5.11. The molecule has 3 rings (SSSR count). The number of rotatable bonds is 4. The third-order valence-corrected chi connectivity index (χ3v) is 12.2. The van der Waals surface area contributed by atoms with Gasteiger partial charge in [-0.05, 0) is 50.7 Å². The number of hydrogen-bond donors (Lipinski definition) is 0. The summed E-state index contributed by atoms with van der Waals surface area (Å²) in [4.78, 5) is 0. The summed E-state index contributed by atoms with van der Waals surface area (Å²) in [5.74, 6) is 5.88. The predicted octanol–water partition coefficient (Wildman–Crippen LogP) is 3.37. The van der Waals surface area contributed by atoms with Gasteiger partial charge in [-0.15, -0.1) is 0 Å². The third-order valence-electron chi connectivity index (χ3n) is 6.65. The molecule has 2 fully saturated rings. The molecule has 0 amide bonds. The van der Waals surface area contributed by atoms with E-state index < -0.39 is 35.1 Å². The van der Waals surface area contributed by atoms with Crippen molar-refractivity contribution >= 4 is 19.7 Å². The molecular formula is C21H28O4S2. The highest BCUT2D eigenvalue weighted by molar-refractivity contribution is 7.94. The van der Waals surface area contributed by atoms with Crippen molar-refractivity contribution in [2.24, 2.45) is 5.92 Å². The van der Waals surface area contributed by atoms with E-state index in [0.29, 0.717) is 38.5 Å². The molecule has 2 saturated heterocycles. The Balaban J connectivity index is 2.24. The molecule has 148 valence electrons. The number of hydrogen-bond acceptors (Lipinski definition) is 4. The van der Waals surface area contributed by atoms with Crippen LogP contribution in [0.3, 0.4) is 0 Å². The Morgan fingerprint density at radius 3 is 1.74 bits per heavy atom. The summed E-state index contributed by atoms with van der Waals surface area (Å²) in [6.07, 6.45) is 2.97. The fraction of sp³-hybridized carbons (Fsp3) is 0.619. The number of sulfone groups is 2. The van der Waals surface area contributed by atoms with Crippen LogP contribution in [-0.2, 0) is 19.7 Å². The average Bonchev–Trinajstić information content (AvgIpc) is 3.12.